The predicted octanol–water partition coefficient (Wildman–Crippen LogP) is 3.09. The molecule has 4 rings (SSSR count). The number of nitrogens with zero attached hydrogens (tertiary/aromatic N) is 1. The highest BCUT2D eigenvalue weighted by Gasteiger charge is 2.30. The van der Waals surface area contributed by atoms with Crippen LogP contribution in [0.2, 0.25) is 0 Å². The third-order valence-electron chi connectivity index (χ3n) is 6.52. The average molecular weight is 491 g/mol. The van der Waals surface area contributed by atoms with Crippen molar-refractivity contribution in [2.75, 3.05) is 29.9 Å². The number of anilines is 1. The van der Waals surface area contributed by atoms with Crippen molar-refractivity contribution in [1.82, 2.24) is 4.31 Å². The van der Waals surface area contributed by atoms with Crippen molar-refractivity contribution in [2.24, 2.45) is 11.8 Å². The van der Waals surface area contributed by atoms with Crippen LogP contribution in [0.1, 0.15) is 31.2 Å². The van der Waals surface area contributed by atoms with Crippen LogP contribution in [0.25, 0.3) is 0 Å². The van der Waals surface area contributed by atoms with E-state index in [1.54, 1.807) is 16.4 Å². The van der Waals surface area contributed by atoms with E-state index in [4.69, 9.17) is 0 Å². The Morgan fingerprint density at radius 2 is 1.61 bits per heavy atom. The fourth-order valence-corrected chi connectivity index (χ4v) is 8.00. The highest BCUT2D eigenvalue weighted by Crippen LogP contribution is 2.27. The van der Waals surface area contributed by atoms with E-state index in [9.17, 15) is 21.6 Å². The molecule has 2 saturated heterocycles. The van der Waals surface area contributed by atoms with E-state index in [2.05, 4.69) is 17.4 Å². The number of benzene rings is 2. The summed E-state index contributed by atoms with van der Waals surface area (Å²) in [6.45, 7) is 1.01. The van der Waals surface area contributed by atoms with Gasteiger partial charge in [-0.05, 0) is 67.3 Å². The van der Waals surface area contributed by atoms with E-state index in [1.165, 1.54) is 17.7 Å². The molecule has 7 nitrogen and oxygen atoms in total. The molecule has 178 valence electrons. The molecule has 0 aliphatic carbocycles. The number of carbonyl (C=O) groups excluding carboxylic acids is 1. The minimum atomic E-state index is -3.58. The molecule has 0 spiro atoms. The standard InChI is InChI=1S/C24H30N2O5S2/c27-24(17-21-12-15-32(28,29)18-21)25-22-6-8-23(9-7-22)33(30,31)26-13-10-20(11-14-26)16-19-4-2-1-3-5-19/h1-9,20-21H,10-18H2,(H,25,27)/t21-/m1/s1. The van der Waals surface area contributed by atoms with Gasteiger partial charge in [-0.1, -0.05) is 30.3 Å². The van der Waals surface area contributed by atoms with Gasteiger partial charge in [0.1, 0.15) is 0 Å². The number of nitrogens with one attached hydrogen (secondary N) is 1. The van der Waals surface area contributed by atoms with Gasteiger partial charge in [-0.15, -0.1) is 0 Å². The van der Waals surface area contributed by atoms with Crippen LogP contribution in [0.3, 0.4) is 0 Å². The van der Waals surface area contributed by atoms with E-state index in [-0.39, 0.29) is 34.6 Å². The summed E-state index contributed by atoms with van der Waals surface area (Å²) in [6, 6.07) is 16.5. The van der Waals surface area contributed by atoms with Crippen molar-refractivity contribution in [2.45, 2.75) is 37.0 Å². The smallest absolute Gasteiger partial charge is 0.243 e. The summed E-state index contributed by atoms with van der Waals surface area (Å²) in [5.41, 5.74) is 1.78. The van der Waals surface area contributed by atoms with Gasteiger partial charge in [0.15, 0.2) is 9.84 Å². The molecule has 33 heavy (non-hydrogen) atoms. The van der Waals surface area contributed by atoms with Gasteiger partial charge in [0.2, 0.25) is 15.9 Å². The normalized spacial score (nSPS) is 21.6. The zero-order chi connectivity index (χ0) is 23.5. The molecule has 2 aromatic carbocycles. The Morgan fingerprint density at radius 3 is 2.21 bits per heavy atom. The molecule has 0 saturated carbocycles. The first-order valence-corrected chi connectivity index (χ1v) is 14.6. The van der Waals surface area contributed by atoms with E-state index in [0.29, 0.717) is 31.1 Å². The molecule has 1 atom stereocenters. The van der Waals surface area contributed by atoms with E-state index in [0.717, 1.165) is 19.3 Å². The number of piperidine rings is 1. The molecule has 2 aromatic rings. The molecule has 2 aliphatic rings. The Labute approximate surface area is 196 Å². The first-order chi connectivity index (χ1) is 15.7. The highest BCUT2D eigenvalue weighted by atomic mass is 32.2. The number of hydrogen-bond acceptors (Lipinski definition) is 5. The van der Waals surface area contributed by atoms with E-state index < -0.39 is 19.9 Å². The van der Waals surface area contributed by atoms with Crippen LogP contribution >= 0.6 is 0 Å². The number of rotatable bonds is 7. The van der Waals surface area contributed by atoms with Crippen molar-refractivity contribution < 1.29 is 21.6 Å². The van der Waals surface area contributed by atoms with Crippen molar-refractivity contribution >= 4 is 31.5 Å². The molecule has 1 N–H and O–H groups in total. The molecular formula is C24H30N2O5S2. The van der Waals surface area contributed by atoms with Crippen molar-refractivity contribution in [3.05, 3.63) is 60.2 Å². The minimum Gasteiger partial charge on any atom is -0.326 e. The summed E-state index contributed by atoms with van der Waals surface area (Å²) in [5.74, 6) is 0.264. The Balaban J connectivity index is 1.30. The Bertz CT molecular complexity index is 1170. The molecule has 9 heteroatoms. The Kier molecular flexibility index (Phi) is 7.21. The monoisotopic (exact) mass is 490 g/mol. The quantitative estimate of drug-likeness (QED) is 0.643. The highest BCUT2D eigenvalue weighted by molar-refractivity contribution is 7.91. The first kappa shape index (κ1) is 23.9. The third-order valence-corrected chi connectivity index (χ3v) is 10.3. The summed E-state index contributed by atoms with van der Waals surface area (Å²) >= 11 is 0. The van der Waals surface area contributed by atoms with Crippen LogP contribution in [0.5, 0.6) is 0 Å². The maximum absolute atomic E-state index is 13.1. The summed E-state index contributed by atoms with van der Waals surface area (Å²) in [5, 5.41) is 2.74. The maximum atomic E-state index is 13.1. The number of amides is 1. The van der Waals surface area contributed by atoms with Gasteiger partial charge in [0.05, 0.1) is 16.4 Å². The number of sulfonamides is 1. The summed E-state index contributed by atoms with van der Waals surface area (Å²) < 4.78 is 50.8. The van der Waals surface area contributed by atoms with Crippen LogP contribution in [0, 0.1) is 11.8 Å². The van der Waals surface area contributed by atoms with Crippen LogP contribution in [0.4, 0.5) is 5.69 Å². The van der Waals surface area contributed by atoms with E-state index >= 15 is 0 Å². The molecule has 0 aromatic heterocycles. The second-order valence-electron chi connectivity index (χ2n) is 9.08. The van der Waals surface area contributed by atoms with Gasteiger partial charge in [-0.3, -0.25) is 4.79 Å². The largest absolute Gasteiger partial charge is 0.326 e. The molecule has 0 radical (unpaired) electrons. The summed E-state index contributed by atoms with van der Waals surface area (Å²) in [7, 11) is -6.60. The Morgan fingerprint density at radius 1 is 0.939 bits per heavy atom. The predicted molar refractivity (Wildman–Crippen MR) is 128 cm³/mol. The fraction of sp³-hybridized carbons (Fsp3) is 0.458. The average Bonchev–Trinajstić information content (AvgIpc) is 3.13. The summed E-state index contributed by atoms with van der Waals surface area (Å²) in [4.78, 5) is 12.4. The zero-order valence-corrected chi connectivity index (χ0v) is 20.2. The van der Waals surface area contributed by atoms with Crippen LogP contribution in [-0.2, 0) is 31.1 Å². The molecular weight excluding hydrogens is 460 g/mol. The van der Waals surface area contributed by atoms with E-state index in [1.807, 2.05) is 18.2 Å². The number of carbonyl (C=O) groups is 1. The zero-order valence-electron chi connectivity index (χ0n) is 18.5. The molecule has 2 aliphatic heterocycles. The van der Waals surface area contributed by atoms with Gasteiger partial charge >= 0.3 is 0 Å². The molecule has 0 bridgehead atoms. The van der Waals surface area contributed by atoms with Gasteiger partial charge < -0.3 is 5.32 Å². The lowest BCUT2D eigenvalue weighted by molar-refractivity contribution is -0.116. The van der Waals surface area contributed by atoms with Gasteiger partial charge in [-0.2, -0.15) is 4.31 Å². The number of sulfone groups is 1. The lowest BCUT2D eigenvalue weighted by Gasteiger charge is -2.31. The first-order valence-electron chi connectivity index (χ1n) is 11.4. The van der Waals surface area contributed by atoms with Crippen molar-refractivity contribution in [3.63, 3.8) is 0 Å². The second kappa shape index (κ2) is 9.95. The maximum Gasteiger partial charge on any atom is 0.243 e. The second-order valence-corrected chi connectivity index (χ2v) is 13.2. The van der Waals surface area contributed by atoms with Crippen LogP contribution < -0.4 is 5.32 Å². The lowest BCUT2D eigenvalue weighted by Crippen LogP contribution is -2.38. The molecule has 2 heterocycles. The number of hydrogen-bond donors (Lipinski definition) is 1. The molecule has 2 fully saturated rings. The molecule has 0 unspecified atom stereocenters. The third kappa shape index (κ3) is 6.22. The van der Waals surface area contributed by atoms with Crippen LogP contribution in [0.15, 0.2) is 59.5 Å². The van der Waals surface area contributed by atoms with Gasteiger partial charge in [0.25, 0.3) is 0 Å². The van der Waals surface area contributed by atoms with Crippen molar-refractivity contribution in [3.8, 4) is 0 Å². The fourth-order valence-electron chi connectivity index (χ4n) is 4.67. The Hall–Kier alpha value is -2.23. The molecule has 1 amide bonds. The lowest BCUT2D eigenvalue weighted by atomic mass is 9.91. The van der Waals surface area contributed by atoms with Crippen LogP contribution in [-0.4, -0.2) is 51.6 Å². The van der Waals surface area contributed by atoms with Gasteiger partial charge in [0, 0.05) is 25.2 Å². The van der Waals surface area contributed by atoms with Crippen molar-refractivity contribution in [1.29, 1.82) is 0 Å². The minimum absolute atomic E-state index is 0.0552. The summed E-state index contributed by atoms with van der Waals surface area (Å²) in [6.07, 6.45) is 3.29. The van der Waals surface area contributed by atoms with Gasteiger partial charge in [-0.25, -0.2) is 16.8 Å². The topological polar surface area (TPSA) is 101 Å². The SMILES string of the molecule is O=C(C[C@H]1CCS(=O)(=O)C1)Nc1ccc(S(=O)(=O)N2CCC(Cc3ccccc3)CC2)cc1.